The standard InChI is InChI=1S/C15H11Cl2FN2/c1-9(11-3-5-14(18)13(17)7-11)20-15-6-10(8-19)2-4-12(15)16/h2-7,9,20H,1H3. The molecule has 0 bridgehead atoms. The molecule has 102 valence electrons. The summed E-state index contributed by atoms with van der Waals surface area (Å²) in [5.74, 6) is -0.452. The van der Waals surface area contributed by atoms with Gasteiger partial charge in [0.25, 0.3) is 0 Å². The van der Waals surface area contributed by atoms with Gasteiger partial charge in [0, 0.05) is 6.04 Å². The molecule has 0 fully saturated rings. The molecule has 1 unspecified atom stereocenters. The summed E-state index contributed by atoms with van der Waals surface area (Å²) in [5.41, 5.74) is 2.00. The molecule has 0 amide bonds. The Morgan fingerprint density at radius 3 is 2.55 bits per heavy atom. The van der Waals surface area contributed by atoms with Crippen molar-refractivity contribution in [1.82, 2.24) is 0 Å². The quantitative estimate of drug-likeness (QED) is 0.848. The fourth-order valence-corrected chi connectivity index (χ4v) is 2.16. The molecule has 2 aromatic rings. The highest BCUT2D eigenvalue weighted by Gasteiger charge is 2.10. The van der Waals surface area contributed by atoms with E-state index in [1.807, 2.05) is 6.92 Å². The molecule has 0 aliphatic heterocycles. The lowest BCUT2D eigenvalue weighted by Gasteiger charge is -2.17. The second kappa shape index (κ2) is 6.13. The summed E-state index contributed by atoms with van der Waals surface area (Å²) in [6.07, 6.45) is 0. The van der Waals surface area contributed by atoms with Gasteiger partial charge in [-0.1, -0.05) is 29.3 Å². The van der Waals surface area contributed by atoms with Gasteiger partial charge in [0.05, 0.1) is 27.4 Å². The van der Waals surface area contributed by atoms with Gasteiger partial charge >= 0.3 is 0 Å². The fraction of sp³-hybridized carbons (Fsp3) is 0.133. The minimum absolute atomic E-state index is 0.0769. The van der Waals surface area contributed by atoms with Crippen LogP contribution in [0, 0.1) is 17.1 Å². The van der Waals surface area contributed by atoms with Crippen LogP contribution < -0.4 is 5.32 Å². The summed E-state index contributed by atoms with van der Waals surface area (Å²) >= 11 is 11.9. The Morgan fingerprint density at radius 2 is 1.90 bits per heavy atom. The summed E-state index contributed by atoms with van der Waals surface area (Å²) < 4.78 is 13.1. The van der Waals surface area contributed by atoms with Gasteiger partial charge in [0.1, 0.15) is 5.82 Å². The molecular weight excluding hydrogens is 298 g/mol. The van der Waals surface area contributed by atoms with Crippen LogP contribution in [-0.2, 0) is 0 Å². The maximum atomic E-state index is 13.1. The SMILES string of the molecule is CC(Nc1cc(C#N)ccc1Cl)c1ccc(F)c(Cl)c1. The van der Waals surface area contributed by atoms with Crippen LogP contribution >= 0.6 is 23.2 Å². The lowest BCUT2D eigenvalue weighted by atomic mass is 10.1. The number of halogens is 3. The van der Waals surface area contributed by atoms with Crippen molar-refractivity contribution in [3.05, 3.63) is 63.4 Å². The zero-order valence-corrected chi connectivity index (χ0v) is 12.1. The van der Waals surface area contributed by atoms with E-state index >= 15 is 0 Å². The molecule has 0 aliphatic rings. The van der Waals surface area contributed by atoms with Crippen molar-refractivity contribution in [3.8, 4) is 6.07 Å². The third-order valence-electron chi connectivity index (χ3n) is 2.91. The lowest BCUT2D eigenvalue weighted by Crippen LogP contribution is -2.07. The van der Waals surface area contributed by atoms with Crippen LogP contribution in [0.4, 0.5) is 10.1 Å². The number of rotatable bonds is 3. The van der Waals surface area contributed by atoms with Crippen LogP contribution in [0.3, 0.4) is 0 Å². The van der Waals surface area contributed by atoms with E-state index in [1.165, 1.54) is 6.07 Å². The number of anilines is 1. The fourth-order valence-electron chi connectivity index (χ4n) is 1.80. The third kappa shape index (κ3) is 3.22. The summed E-state index contributed by atoms with van der Waals surface area (Å²) in [7, 11) is 0. The average Bonchev–Trinajstić information content (AvgIpc) is 2.44. The average molecular weight is 309 g/mol. The number of nitrogens with zero attached hydrogens (tertiary/aromatic N) is 1. The van der Waals surface area contributed by atoms with Gasteiger partial charge < -0.3 is 5.32 Å². The van der Waals surface area contributed by atoms with Gasteiger partial charge in [-0.25, -0.2) is 4.39 Å². The lowest BCUT2D eigenvalue weighted by molar-refractivity contribution is 0.627. The van der Waals surface area contributed by atoms with Crippen molar-refractivity contribution >= 4 is 28.9 Å². The molecule has 2 aromatic carbocycles. The Labute approximate surface area is 126 Å². The van der Waals surface area contributed by atoms with E-state index in [2.05, 4.69) is 11.4 Å². The summed E-state index contributed by atoms with van der Waals surface area (Å²) in [6, 6.07) is 11.4. The molecule has 0 aliphatic carbocycles. The zero-order chi connectivity index (χ0) is 14.7. The van der Waals surface area contributed by atoms with E-state index in [0.29, 0.717) is 16.3 Å². The predicted octanol–water partition coefficient (Wildman–Crippen LogP) is 5.18. The topological polar surface area (TPSA) is 35.8 Å². The van der Waals surface area contributed by atoms with E-state index in [4.69, 9.17) is 28.5 Å². The van der Waals surface area contributed by atoms with E-state index in [9.17, 15) is 4.39 Å². The summed E-state index contributed by atoms with van der Waals surface area (Å²) in [4.78, 5) is 0. The van der Waals surface area contributed by atoms with Crippen LogP contribution in [0.25, 0.3) is 0 Å². The van der Waals surface area contributed by atoms with Crippen LogP contribution in [0.15, 0.2) is 36.4 Å². The van der Waals surface area contributed by atoms with Crippen LogP contribution in [-0.4, -0.2) is 0 Å². The molecule has 20 heavy (non-hydrogen) atoms. The van der Waals surface area contributed by atoms with Crippen LogP contribution in [0.1, 0.15) is 24.1 Å². The van der Waals surface area contributed by atoms with Crippen molar-refractivity contribution < 1.29 is 4.39 Å². The molecular formula is C15H11Cl2FN2. The van der Waals surface area contributed by atoms with E-state index in [-0.39, 0.29) is 11.1 Å². The van der Waals surface area contributed by atoms with Crippen molar-refractivity contribution in [2.75, 3.05) is 5.32 Å². The zero-order valence-electron chi connectivity index (χ0n) is 10.6. The highest BCUT2D eigenvalue weighted by molar-refractivity contribution is 6.33. The number of hydrogen-bond donors (Lipinski definition) is 1. The van der Waals surface area contributed by atoms with Crippen LogP contribution in [0.2, 0.25) is 10.0 Å². The maximum absolute atomic E-state index is 13.1. The first-order chi connectivity index (χ1) is 9.51. The molecule has 1 atom stereocenters. The minimum atomic E-state index is -0.452. The molecule has 0 spiro atoms. The van der Waals surface area contributed by atoms with Gasteiger partial charge in [-0.05, 0) is 42.8 Å². The third-order valence-corrected chi connectivity index (χ3v) is 3.53. The maximum Gasteiger partial charge on any atom is 0.141 e. The Kier molecular flexibility index (Phi) is 4.49. The molecule has 0 saturated heterocycles. The van der Waals surface area contributed by atoms with E-state index in [0.717, 1.165) is 5.56 Å². The minimum Gasteiger partial charge on any atom is -0.377 e. The Balaban J connectivity index is 2.25. The Hall–Kier alpha value is -1.76. The van der Waals surface area contributed by atoms with Crippen LogP contribution in [0.5, 0.6) is 0 Å². The van der Waals surface area contributed by atoms with Gasteiger partial charge in [0.2, 0.25) is 0 Å². The van der Waals surface area contributed by atoms with Gasteiger partial charge in [-0.15, -0.1) is 0 Å². The summed E-state index contributed by atoms with van der Waals surface area (Å²) in [6.45, 7) is 1.90. The predicted molar refractivity (Wildman–Crippen MR) is 79.6 cm³/mol. The first-order valence-corrected chi connectivity index (χ1v) is 6.68. The van der Waals surface area contributed by atoms with Crippen molar-refractivity contribution in [2.24, 2.45) is 0 Å². The van der Waals surface area contributed by atoms with Crippen molar-refractivity contribution in [2.45, 2.75) is 13.0 Å². The first kappa shape index (κ1) is 14.6. The van der Waals surface area contributed by atoms with Crippen molar-refractivity contribution in [3.63, 3.8) is 0 Å². The molecule has 0 heterocycles. The van der Waals surface area contributed by atoms with E-state index in [1.54, 1.807) is 30.3 Å². The highest BCUT2D eigenvalue weighted by Crippen LogP contribution is 2.28. The Morgan fingerprint density at radius 1 is 1.15 bits per heavy atom. The molecule has 0 aromatic heterocycles. The van der Waals surface area contributed by atoms with Gasteiger partial charge in [-0.3, -0.25) is 0 Å². The highest BCUT2D eigenvalue weighted by atomic mass is 35.5. The number of benzene rings is 2. The second-order valence-electron chi connectivity index (χ2n) is 4.35. The van der Waals surface area contributed by atoms with E-state index < -0.39 is 5.82 Å². The first-order valence-electron chi connectivity index (χ1n) is 5.92. The molecule has 1 N–H and O–H groups in total. The number of hydrogen-bond acceptors (Lipinski definition) is 2. The second-order valence-corrected chi connectivity index (χ2v) is 5.16. The smallest absolute Gasteiger partial charge is 0.141 e. The van der Waals surface area contributed by atoms with Gasteiger partial charge in [0.15, 0.2) is 0 Å². The molecule has 0 radical (unpaired) electrons. The number of nitriles is 1. The summed E-state index contributed by atoms with van der Waals surface area (Å²) in [5, 5.41) is 12.7. The molecule has 2 nitrogen and oxygen atoms in total. The van der Waals surface area contributed by atoms with Gasteiger partial charge in [-0.2, -0.15) is 5.26 Å². The largest absolute Gasteiger partial charge is 0.377 e. The Bertz CT molecular complexity index is 680. The molecule has 0 saturated carbocycles. The molecule has 2 rings (SSSR count). The molecule has 5 heteroatoms. The number of nitrogens with one attached hydrogen (secondary N) is 1. The van der Waals surface area contributed by atoms with Crippen molar-refractivity contribution in [1.29, 1.82) is 5.26 Å². The monoisotopic (exact) mass is 308 g/mol. The normalized spacial score (nSPS) is 11.8.